The first-order valence-electron chi connectivity index (χ1n) is 14.3. The number of carbonyl (C=O) groups excluding carboxylic acids is 1. The summed E-state index contributed by atoms with van der Waals surface area (Å²) in [5.74, 6) is 1.97. The van der Waals surface area contributed by atoms with Gasteiger partial charge in [-0.15, -0.1) is 0 Å². The predicted octanol–water partition coefficient (Wildman–Crippen LogP) is 10.3. The lowest BCUT2D eigenvalue weighted by Gasteiger charge is -2.30. The van der Waals surface area contributed by atoms with Crippen LogP contribution in [0.15, 0.2) is 55.1 Å². The molecule has 2 heteroatoms. The van der Waals surface area contributed by atoms with E-state index in [1.165, 1.54) is 55.2 Å². The Morgan fingerprint density at radius 1 is 0.811 bits per heavy atom. The van der Waals surface area contributed by atoms with Crippen molar-refractivity contribution in [2.45, 2.75) is 107 Å². The zero-order valence-electron chi connectivity index (χ0n) is 25.3. The average Bonchev–Trinajstić information content (AvgIpc) is 2.84. The highest BCUT2D eigenvalue weighted by atomic mass is 16.5. The molecule has 206 valence electrons. The van der Waals surface area contributed by atoms with Crippen molar-refractivity contribution in [3.63, 3.8) is 0 Å². The second-order valence-corrected chi connectivity index (χ2v) is 12.4. The van der Waals surface area contributed by atoms with Crippen LogP contribution in [0.5, 0.6) is 5.75 Å². The van der Waals surface area contributed by atoms with E-state index in [2.05, 4.69) is 80.2 Å². The Morgan fingerprint density at radius 3 is 1.62 bits per heavy atom. The lowest BCUT2D eigenvalue weighted by atomic mass is 9.75. The average molecular weight is 507 g/mol. The monoisotopic (exact) mass is 506 g/mol. The predicted molar refractivity (Wildman–Crippen MR) is 162 cm³/mol. The molecule has 0 heterocycles. The van der Waals surface area contributed by atoms with Gasteiger partial charge in [0.2, 0.25) is 0 Å². The minimum absolute atomic E-state index is 0.198. The molecule has 0 saturated carbocycles. The number of hydrogen-bond donors (Lipinski definition) is 0. The molecule has 2 rings (SSSR count). The second-order valence-electron chi connectivity index (χ2n) is 12.4. The van der Waals surface area contributed by atoms with Crippen LogP contribution in [0.4, 0.5) is 0 Å². The van der Waals surface area contributed by atoms with E-state index in [4.69, 9.17) is 4.74 Å². The highest BCUT2D eigenvalue weighted by Crippen LogP contribution is 2.34. The van der Waals surface area contributed by atoms with Crippen molar-refractivity contribution >= 4 is 12.0 Å². The zero-order chi connectivity index (χ0) is 28.1. The van der Waals surface area contributed by atoms with Gasteiger partial charge in [0.25, 0.3) is 0 Å². The summed E-state index contributed by atoms with van der Waals surface area (Å²) in [7, 11) is 0. The summed E-state index contributed by atoms with van der Waals surface area (Å²) in [5.41, 5.74) is 5.06. The SMILES string of the molecule is C=Cc1cc(CCC(CC)C(C)(C)C)cc(CCC(CC)C(C)(C)C)c1.CCC(=O)Oc1ccccc1. The van der Waals surface area contributed by atoms with Crippen molar-refractivity contribution < 1.29 is 9.53 Å². The molecule has 0 spiro atoms. The molecule has 0 aliphatic carbocycles. The largest absolute Gasteiger partial charge is 0.427 e. The second kappa shape index (κ2) is 15.8. The maximum absolute atomic E-state index is 10.8. The summed E-state index contributed by atoms with van der Waals surface area (Å²) < 4.78 is 4.92. The topological polar surface area (TPSA) is 26.3 Å². The highest BCUT2D eigenvalue weighted by molar-refractivity contribution is 5.71. The van der Waals surface area contributed by atoms with E-state index in [0.717, 1.165) is 11.8 Å². The molecule has 0 amide bonds. The molecule has 2 unspecified atom stereocenters. The van der Waals surface area contributed by atoms with E-state index in [1.54, 1.807) is 19.1 Å². The molecule has 2 nitrogen and oxygen atoms in total. The number of esters is 1. The summed E-state index contributed by atoms with van der Waals surface area (Å²) in [5, 5.41) is 0. The number of para-hydroxylation sites is 1. The van der Waals surface area contributed by atoms with Crippen LogP contribution >= 0.6 is 0 Å². The van der Waals surface area contributed by atoms with Gasteiger partial charge in [-0.25, -0.2) is 0 Å². The van der Waals surface area contributed by atoms with Crippen molar-refractivity contribution in [3.05, 3.63) is 71.8 Å². The Bertz CT molecular complexity index is 884. The van der Waals surface area contributed by atoms with Gasteiger partial charge >= 0.3 is 5.97 Å². The standard InChI is InChI=1S/C26H44.C9H10O2/c1-10-20-17-21(13-15-23(11-2)25(4,5)6)19-22(18-20)14-16-24(12-3)26(7,8)9;1-2-9(10)11-8-6-4-3-5-7-8/h10,17-19,23-24H,1,11-16H2,2-9H3;3-7H,2H2,1H3. The van der Waals surface area contributed by atoms with Gasteiger partial charge in [0.15, 0.2) is 0 Å². The Hall–Kier alpha value is -2.35. The van der Waals surface area contributed by atoms with Gasteiger partial charge in [-0.2, -0.15) is 0 Å². The highest BCUT2D eigenvalue weighted by Gasteiger charge is 2.23. The van der Waals surface area contributed by atoms with Gasteiger partial charge in [0.05, 0.1) is 0 Å². The van der Waals surface area contributed by atoms with E-state index >= 15 is 0 Å². The zero-order valence-corrected chi connectivity index (χ0v) is 25.3. The number of carbonyl (C=O) groups is 1. The van der Waals surface area contributed by atoms with Crippen LogP contribution < -0.4 is 4.74 Å². The van der Waals surface area contributed by atoms with Crippen molar-refractivity contribution in [3.8, 4) is 5.75 Å². The lowest BCUT2D eigenvalue weighted by molar-refractivity contribution is -0.134. The van der Waals surface area contributed by atoms with E-state index < -0.39 is 0 Å². The van der Waals surface area contributed by atoms with Gasteiger partial charge in [0, 0.05) is 6.42 Å². The normalized spacial score (nSPS) is 13.2. The molecule has 2 aromatic carbocycles. The molecule has 0 bridgehead atoms. The number of benzene rings is 2. The minimum atomic E-state index is -0.198. The molecule has 0 aliphatic heterocycles. The third kappa shape index (κ3) is 12.6. The van der Waals surface area contributed by atoms with Crippen molar-refractivity contribution in [2.24, 2.45) is 22.7 Å². The van der Waals surface area contributed by atoms with E-state index in [-0.39, 0.29) is 5.97 Å². The summed E-state index contributed by atoms with van der Waals surface area (Å²) >= 11 is 0. The summed E-state index contributed by atoms with van der Waals surface area (Å²) in [6.07, 6.45) is 9.87. The van der Waals surface area contributed by atoms with Crippen LogP contribution in [-0.2, 0) is 17.6 Å². The quantitative estimate of drug-likeness (QED) is 0.224. The fourth-order valence-electron chi connectivity index (χ4n) is 5.07. The van der Waals surface area contributed by atoms with Gasteiger partial charge in [-0.1, -0.05) is 124 Å². The maximum Gasteiger partial charge on any atom is 0.310 e. The molecule has 2 atom stereocenters. The minimum Gasteiger partial charge on any atom is -0.427 e. The fraction of sp³-hybridized carbons (Fsp3) is 0.571. The number of rotatable bonds is 11. The number of ether oxygens (including phenoxy) is 1. The Morgan fingerprint density at radius 2 is 1.27 bits per heavy atom. The smallest absolute Gasteiger partial charge is 0.310 e. The van der Waals surface area contributed by atoms with Gasteiger partial charge in [-0.05, 0) is 77.2 Å². The van der Waals surface area contributed by atoms with Crippen molar-refractivity contribution in [1.29, 1.82) is 0 Å². The van der Waals surface area contributed by atoms with Crippen LogP contribution in [0.25, 0.3) is 6.08 Å². The van der Waals surface area contributed by atoms with Crippen molar-refractivity contribution in [2.75, 3.05) is 0 Å². The molecule has 0 N–H and O–H groups in total. The van der Waals surface area contributed by atoms with Crippen molar-refractivity contribution in [1.82, 2.24) is 0 Å². The first-order valence-corrected chi connectivity index (χ1v) is 14.3. The van der Waals surface area contributed by atoms with Crippen LogP contribution in [0, 0.1) is 22.7 Å². The van der Waals surface area contributed by atoms with Gasteiger partial charge < -0.3 is 4.74 Å². The first kappa shape index (κ1) is 32.7. The molecular formula is C35H54O2. The first-order chi connectivity index (χ1) is 17.3. The Balaban J connectivity index is 0.000000516. The molecule has 0 aromatic heterocycles. The molecule has 2 aromatic rings. The van der Waals surface area contributed by atoms with E-state index in [9.17, 15) is 4.79 Å². The van der Waals surface area contributed by atoms with Crippen LogP contribution in [0.2, 0.25) is 0 Å². The van der Waals surface area contributed by atoms with Crippen LogP contribution in [0.1, 0.15) is 111 Å². The number of aryl methyl sites for hydroxylation is 2. The van der Waals surface area contributed by atoms with E-state index in [0.29, 0.717) is 23.0 Å². The molecular weight excluding hydrogens is 452 g/mol. The van der Waals surface area contributed by atoms with Crippen LogP contribution in [0.3, 0.4) is 0 Å². The third-order valence-electron chi connectivity index (χ3n) is 7.57. The Kier molecular flexibility index (Phi) is 14.0. The summed E-state index contributed by atoms with van der Waals surface area (Å²) in [6, 6.07) is 16.2. The van der Waals surface area contributed by atoms with Crippen LogP contribution in [-0.4, -0.2) is 5.97 Å². The molecule has 0 radical (unpaired) electrons. The number of hydrogen-bond acceptors (Lipinski definition) is 2. The Labute approximate surface area is 228 Å². The fourth-order valence-corrected chi connectivity index (χ4v) is 5.07. The lowest BCUT2D eigenvalue weighted by Crippen LogP contribution is -2.20. The summed E-state index contributed by atoms with van der Waals surface area (Å²) in [4.78, 5) is 10.8. The summed E-state index contributed by atoms with van der Waals surface area (Å²) in [6.45, 7) is 24.7. The molecule has 0 saturated heterocycles. The molecule has 0 aliphatic rings. The molecule has 0 fully saturated rings. The maximum atomic E-state index is 10.8. The van der Waals surface area contributed by atoms with E-state index in [1.807, 2.05) is 24.3 Å². The van der Waals surface area contributed by atoms with Gasteiger partial charge in [-0.3, -0.25) is 4.79 Å². The van der Waals surface area contributed by atoms with Gasteiger partial charge in [0.1, 0.15) is 5.75 Å². The molecule has 37 heavy (non-hydrogen) atoms. The third-order valence-corrected chi connectivity index (χ3v) is 7.57.